The summed E-state index contributed by atoms with van der Waals surface area (Å²) in [6, 6.07) is 0. The number of hydrogen-bond donors (Lipinski definition) is 1. The van der Waals surface area contributed by atoms with Crippen molar-refractivity contribution in [1.82, 2.24) is 4.90 Å². The Morgan fingerprint density at radius 3 is 2.64 bits per heavy atom. The Labute approximate surface area is 86.1 Å². The lowest BCUT2D eigenvalue weighted by molar-refractivity contribution is -0.150. The lowest BCUT2D eigenvalue weighted by Crippen LogP contribution is -2.50. The summed E-state index contributed by atoms with van der Waals surface area (Å²) < 4.78 is 0. The molecule has 0 bridgehead atoms. The molecule has 1 saturated heterocycles. The lowest BCUT2D eigenvalue weighted by Gasteiger charge is -2.34. The van der Waals surface area contributed by atoms with Gasteiger partial charge in [-0.1, -0.05) is 20.3 Å². The maximum atomic E-state index is 11.4. The summed E-state index contributed by atoms with van der Waals surface area (Å²) in [5.41, 5.74) is -0.537. The SMILES string of the molecule is CCCN1CCCC1(CCC)C(=O)O. The molecule has 1 unspecified atom stereocenters. The molecule has 0 aromatic heterocycles. The molecule has 0 radical (unpaired) electrons. The average molecular weight is 199 g/mol. The fourth-order valence-electron chi connectivity index (χ4n) is 2.58. The predicted octanol–water partition coefficient (Wildman–Crippen LogP) is 2.12. The molecule has 1 heterocycles. The van der Waals surface area contributed by atoms with Crippen molar-refractivity contribution in [2.45, 2.75) is 51.5 Å². The fraction of sp³-hybridized carbons (Fsp3) is 0.909. The van der Waals surface area contributed by atoms with E-state index < -0.39 is 11.5 Å². The van der Waals surface area contributed by atoms with Crippen LogP contribution in [0.4, 0.5) is 0 Å². The molecule has 0 amide bonds. The first-order valence-corrected chi connectivity index (χ1v) is 5.66. The number of carbonyl (C=O) groups is 1. The number of hydrogen-bond acceptors (Lipinski definition) is 2. The second-order valence-corrected chi connectivity index (χ2v) is 4.18. The second kappa shape index (κ2) is 4.78. The van der Waals surface area contributed by atoms with Crippen molar-refractivity contribution in [3.05, 3.63) is 0 Å². The van der Waals surface area contributed by atoms with Crippen LogP contribution in [0.2, 0.25) is 0 Å². The first kappa shape index (κ1) is 11.5. The molecular weight excluding hydrogens is 178 g/mol. The zero-order valence-corrected chi connectivity index (χ0v) is 9.25. The highest BCUT2D eigenvalue weighted by molar-refractivity contribution is 5.79. The number of carboxylic acid groups (broad SMARTS) is 1. The van der Waals surface area contributed by atoms with Crippen LogP contribution < -0.4 is 0 Å². The van der Waals surface area contributed by atoms with Gasteiger partial charge in [0, 0.05) is 0 Å². The number of carboxylic acids is 1. The molecule has 0 spiro atoms. The summed E-state index contributed by atoms with van der Waals surface area (Å²) in [5, 5.41) is 9.35. The van der Waals surface area contributed by atoms with Crippen molar-refractivity contribution in [1.29, 1.82) is 0 Å². The summed E-state index contributed by atoms with van der Waals surface area (Å²) in [4.78, 5) is 13.5. The molecule has 14 heavy (non-hydrogen) atoms. The number of likely N-dealkylation sites (tertiary alicyclic amines) is 1. The van der Waals surface area contributed by atoms with Gasteiger partial charge in [-0.2, -0.15) is 0 Å². The summed E-state index contributed by atoms with van der Waals surface area (Å²) in [6.45, 7) is 6.05. The third-order valence-electron chi connectivity index (χ3n) is 3.18. The van der Waals surface area contributed by atoms with Crippen molar-refractivity contribution in [2.24, 2.45) is 0 Å². The molecule has 3 heteroatoms. The number of aliphatic carboxylic acids is 1. The first-order chi connectivity index (χ1) is 6.67. The molecule has 1 atom stereocenters. The molecule has 0 aliphatic carbocycles. The minimum atomic E-state index is -0.620. The van der Waals surface area contributed by atoms with Gasteiger partial charge in [0.25, 0.3) is 0 Å². The van der Waals surface area contributed by atoms with E-state index in [9.17, 15) is 9.90 Å². The zero-order chi connectivity index (χ0) is 10.6. The molecule has 1 N–H and O–H groups in total. The van der Waals surface area contributed by atoms with E-state index in [0.717, 1.165) is 45.2 Å². The summed E-state index contributed by atoms with van der Waals surface area (Å²) in [6.07, 6.45) is 4.65. The number of nitrogens with zero attached hydrogens (tertiary/aromatic N) is 1. The highest BCUT2D eigenvalue weighted by atomic mass is 16.4. The third-order valence-corrected chi connectivity index (χ3v) is 3.18. The summed E-state index contributed by atoms with van der Waals surface area (Å²) in [5.74, 6) is -0.620. The third kappa shape index (κ3) is 1.92. The Morgan fingerprint density at radius 1 is 1.43 bits per heavy atom. The smallest absolute Gasteiger partial charge is 0.324 e. The van der Waals surface area contributed by atoms with Gasteiger partial charge >= 0.3 is 5.97 Å². The normalized spacial score (nSPS) is 28.1. The van der Waals surface area contributed by atoms with Gasteiger partial charge in [-0.15, -0.1) is 0 Å². The highest BCUT2D eigenvalue weighted by Crippen LogP contribution is 2.33. The molecule has 0 saturated carbocycles. The molecule has 1 fully saturated rings. The highest BCUT2D eigenvalue weighted by Gasteiger charge is 2.46. The fourth-order valence-corrected chi connectivity index (χ4v) is 2.58. The monoisotopic (exact) mass is 199 g/mol. The van der Waals surface area contributed by atoms with Crippen LogP contribution >= 0.6 is 0 Å². The van der Waals surface area contributed by atoms with E-state index in [0.29, 0.717) is 0 Å². The number of rotatable bonds is 5. The topological polar surface area (TPSA) is 40.5 Å². The molecule has 0 aromatic rings. The summed E-state index contributed by atoms with van der Waals surface area (Å²) in [7, 11) is 0. The van der Waals surface area contributed by atoms with Gasteiger partial charge in [-0.25, -0.2) is 0 Å². The van der Waals surface area contributed by atoms with Crippen LogP contribution in [0.5, 0.6) is 0 Å². The molecule has 82 valence electrons. The molecule has 0 aromatic carbocycles. The maximum absolute atomic E-state index is 11.4. The van der Waals surface area contributed by atoms with E-state index in [1.54, 1.807) is 0 Å². The van der Waals surface area contributed by atoms with Crippen molar-refractivity contribution < 1.29 is 9.90 Å². The molecular formula is C11H21NO2. The van der Waals surface area contributed by atoms with Gasteiger partial charge in [0.05, 0.1) is 0 Å². The van der Waals surface area contributed by atoms with Gasteiger partial charge in [-0.05, 0) is 38.8 Å². The molecule has 1 rings (SSSR count). The molecule has 1 aliphatic rings. The van der Waals surface area contributed by atoms with Crippen molar-refractivity contribution in [2.75, 3.05) is 13.1 Å². The minimum absolute atomic E-state index is 0.537. The Hall–Kier alpha value is -0.570. The largest absolute Gasteiger partial charge is 0.480 e. The van der Waals surface area contributed by atoms with Crippen LogP contribution in [0.3, 0.4) is 0 Å². The molecule has 3 nitrogen and oxygen atoms in total. The van der Waals surface area contributed by atoms with Crippen molar-refractivity contribution in [3.63, 3.8) is 0 Å². The van der Waals surface area contributed by atoms with E-state index >= 15 is 0 Å². The first-order valence-electron chi connectivity index (χ1n) is 5.66. The van der Waals surface area contributed by atoms with Crippen LogP contribution in [0.15, 0.2) is 0 Å². The van der Waals surface area contributed by atoms with E-state index in [-0.39, 0.29) is 0 Å². The Morgan fingerprint density at radius 2 is 2.14 bits per heavy atom. The van der Waals surface area contributed by atoms with Crippen molar-refractivity contribution in [3.8, 4) is 0 Å². The Balaban J connectivity index is 2.77. The average Bonchev–Trinajstić information content (AvgIpc) is 2.51. The van der Waals surface area contributed by atoms with Crippen LogP contribution in [0, 0.1) is 0 Å². The quantitative estimate of drug-likeness (QED) is 0.737. The standard InChI is InChI=1S/C11H21NO2/c1-3-6-11(10(13)14)7-5-9-12(11)8-4-2/h3-9H2,1-2H3,(H,13,14). The van der Waals surface area contributed by atoms with Gasteiger partial charge in [0.2, 0.25) is 0 Å². The van der Waals surface area contributed by atoms with Gasteiger partial charge in [-0.3, -0.25) is 9.69 Å². The Kier molecular flexibility index (Phi) is 3.93. The zero-order valence-electron chi connectivity index (χ0n) is 9.25. The van der Waals surface area contributed by atoms with Crippen LogP contribution in [-0.2, 0) is 4.79 Å². The minimum Gasteiger partial charge on any atom is -0.480 e. The van der Waals surface area contributed by atoms with Gasteiger partial charge < -0.3 is 5.11 Å². The van der Waals surface area contributed by atoms with Gasteiger partial charge in [0.1, 0.15) is 5.54 Å². The van der Waals surface area contributed by atoms with Gasteiger partial charge in [0.15, 0.2) is 0 Å². The van der Waals surface area contributed by atoms with Crippen LogP contribution in [0.1, 0.15) is 46.0 Å². The van der Waals surface area contributed by atoms with E-state index in [1.165, 1.54) is 0 Å². The molecule has 1 aliphatic heterocycles. The van der Waals surface area contributed by atoms with Crippen LogP contribution in [0.25, 0.3) is 0 Å². The van der Waals surface area contributed by atoms with E-state index in [1.807, 2.05) is 0 Å². The maximum Gasteiger partial charge on any atom is 0.324 e. The van der Waals surface area contributed by atoms with E-state index in [4.69, 9.17) is 0 Å². The van der Waals surface area contributed by atoms with Crippen molar-refractivity contribution >= 4 is 5.97 Å². The summed E-state index contributed by atoms with van der Waals surface area (Å²) >= 11 is 0. The lowest BCUT2D eigenvalue weighted by atomic mass is 9.90. The second-order valence-electron chi connectivity index (χ2n) is 4.18. The predicted molar refractivity (Wildman–Crippen MR) is 56.4 cm³/mol. The van der Waals surface area contributed by atoms with Crippen LogP contribution in [-0.4, -0.2) is 34.6 Å². The van der Waals surface area contributed by atoms with E-state index in [2.05, 4.69) is 18.7 Å². The Bertz CT molecular complexity index is 205.